The van der Waals surface area contributed by atoms with Crippen LogP contribution < -0.4 is 5.32 Å². The zero-order valence-electron chi connectivity index (χ0n) is 12.1. The van der Waals surface area contributed by atoms with Crippen molar-refractivity contribution in [2.45, 2.75) is 39.0 Å². The maximum Gasteiger partial charge on any atom is 0.0725 e. The molecule has 1 N–H and O–H groups in total. The molecule has 0 spiro atoms. The van der Waals surface area contributed by atoms with Gasteiger partial charge in [0, 0.05) is 22.2 Å². The van der Waals surface area contributed by atoms with E-state index >= 15 is 0 Å². The molecule has 0 bridgehead atoms. The zero-order chi connectivity index (χ0) is 13.9. The van der Waals surface area contributed by atoms with Crippen LogP contribution in [0, 0.1) is 0 Å². The minimum Gasteiger partial charge on any atom is -0.372 e. The van der Waals surface area contributed by atoms with E-state index in [9.17, 15) is 0 Å². The van der Waals surface area contributed by atoms with Gasteiger partial charge in [0.25, 0.3) is 0 Å². The molecule has 3 rings (SSSR count). The van der Waals surface area contributed by atoms with Crippen LogP contribution in [-0.4, -0.2) is 7.05 Å². The first kappa shape index (κ1) is 13.8. The standard InChI is InChI=1S/C17H21NOS/c1-3-15-6-7-16(20-15)9-17(18-2)12-4-5-13-10-19-11-14(13)8-12/h4-8,17-18H,3,9-11H2,1-2H3. The van der Waals surface area contributed by atoms with E-state index in [0.29, 0.717) is 6.04 Å². The van der Waals surface area contributed by atoms with Crippen molar-refractivity contribution in [3.8, 4) is 0 Å². The van der Waals surface area contributed by atoms with Gasteiger partial charge in [-0.1, -0.05) is 25.1 Å². The summed E-state index contributed by atoms with van der Waals surface area (Å²) >= 11 is 1.93. The lowest BCUT2D eigenvalue weighted by molar-refractivity contribution is 0.134. The lowest BCUT2D eigenvalue weighted by Gasteiger charge is -2.16. The summed E-state index contributed by atoms with van der Waals surface area (Å²) < 4.78 is 5.50. The van der Waals surface area contributed by atoms with Crippen molar-refractivity contribution in [3.63, 3.8) is 0 Å². The van der Waals surface area contributed by atoms with Crippen LogP contribution in [0.5, 0.6) is 0 Å². The van der Waals surface area contributed by atoms with Crippen LogP contribution in [0.25, 0.3) is 0 Å². The predicted octanol–water partition coefficient (Wildman–Crippen LogP) is 3.84. The smallest absolute Gasteiger partial charge is 0.0725 e. The summed E-state index contributed by atoms with van der Waals surface area (Å²) in [4.78, 5) is 2.93. The first-order valence-electron chi connectivity index (χ1n) is 7.24. The average molecular weight is 287 g/mol. The van der Waals surface area contributed by atoms with Crippen molar-refractivity contribution in [3.05, 3.63) is 56.8 Å². The molecule has 1 aliphatic rings. The van der Waals surface area contributed by atoms with E-state index < -0.39 is 0 Å². The monoisotopic (exact) mass is 287 g/mol. The Labute approximate surface area is 124 Å². The summed E-state index contributed by atoms with van der Waals surface area (Å²) in [6.45, 7) is 3.74. The molecule has 3 heteroatoms. The fraction of sp³-hybridized carbons (Fsp3) is 0.412. The Morgan fingerprint density at radius 3 is 2.70 bits per heavy atom. The van der Waals surface area contributed by atoms with Gasteiger partial charge in [-0.2, -0.15) is 0 Å². The van der Waals surface area contributed by atoms with E-state index in [1.807, 2.05) is 18.4 Å². The van der Waals surface area contributed by atoms with E-state index in [4.69, 9.17) is 4.74 Å². The molecule has 20 heavy (non-hydrogen) atoms. The lowest BCUT2D eigenvalue weighted by atomic mass is 9.98. The van der Waals surface area contributed by atoms with Crippen LogP contribution in [-0.2, 0) is 30.8 Å². The Morgan fingerprint density at radius 1 is 1.15 bits per heavy atom. The van der Waals surface area contributed by atoms with Gasteiger partial charge < -0.3 is 10.1 Å². The molecule has 2 aromatic rings. The van der Waals surface area contributed by atoms with Crippen LogP contribution in [0.15, 0.2) is 30.3 Å². The second-order valence-electron chi connectivity index (χ2n) is 5.29. The molecule has 0 fully saturated rings. The van der Waals surface area contributed by atoms with E-state index in [1.54, 1.807) is 0 Å². The van der Waals surface area contributed by atoms with Gasteiger partial charge in [-0.3, -0.25) is 0 Å². The van der Waals surface area contributed by atoms with E-state index in [1.165, 1.54) is 26.4 Å². The molecule has 106 valence electrons. The number of aryl methyl sites for hydroxylation is 1. The molecule has 2 heterocycles. The second kappa shape index (κ2) is 6.08. The molecule has 2 nitrogen and oxygen atoms in total. The Morgan fingerprint density at radius 2 is 1.95 bits per heavy atom. The molecule has 0 amide bonds. The van der Waals surface area contributed by atoms with Crippen LogP contribution in [0.3, 0.4) is 0 Å². The minimum atomic E-state index is 0.379. The zero-order valence-corrected chi connectivity index (χ0v) is 12.9. The molecule has 0 saturated carbocycles. The fourth-order valence-electron chi connectivity index (χ4n) is 2.72. The van der Waals surface area contributed by atoms with Crippen molar-refractivity contribution in [1.29, 1.82) is 0 Å². The van der Waals surface area contributed by atoms with Gasteiger partial charge in [0.1, 0.15) is 0 Å². The first-order valence-corrected chi connectivity index (χ1v) is 8.06. The van der Waals surface area contributed by atoms with Crippen LogP contribution in [0.1, 0.15) is 39.4 Å². The summed E-state index contributed by atoms with van der Waals surface area (Å²) in [5, 5.41) is 3.45. The van der Waals surface area contributed by atoms with Crippen molar-refractivity contribution in [1.82, 2.24) is 5.32 Å². The van der Waals surface area contributed by atoms with Gasteiger partial charge in [-0.25, -0.2) is 0 Å². The summed E-state index contributed by atoms with van der Waals surface area (Å²) in [6.07, 6.45) is 2.19. The molecule has 1 aromatic carbocycles. The van der Waals surface area contributed by atoms with Crippen molar-refractivity contribution in [2.24, 2.45) is 0 Å². The third-order valence-electron chi connectivity index (χ3n) is 3.97. The van der Waals surface area contributed by atoms with Gasteiger partial charge in [0.15, 0.2) is 0 Å². The number of hydrogen-bond donors (Lipinski definition) is 1. The maximum atomic E-state index is 5.50. The normalized spacial score (nSPS) is 15.3. The summed E-state index contributed by atoms with van der Waals surface area (Å²) in [5.41, 5.74) is 4.05. The van der Waals surface area contributed by atoms with Crippen LogP contribution in [0.4, 0.5) is 0 Å². The Hall–Kier alpha value is -1.16. The molecule has 1 atom stereocenters. The number of rotatable bonds is 5. The number of likely N-dealkylation sites (N-methyl/N-ethyl adjacent to an activating group) is 1. The highest BCUT2D eigenvalue weighted by Gasteiger charge is 2.16. The Balaban J connectivity index is 1.79. The molecular weight excluding hydrogens is 266 g/mol. The van der Waals surface area contributed by atoms with Gasteiger partial charge >= 0.3 is 0 Å². The highest BCUT2D eigenvalue weighted by Crippen LogP contribution is 2.27. The van der Waals surface area contributed by atoms with Crippen LogP contribution >= 0.6 is 11.3 Å². The summed E-state index contributed by atoms with van der Waals surface area (Å²) in [5.74, 6) is 0. The SMILES string of the molecule is CCc1ccc(CC(NC)c2ccc3c(c2)COC3)s1. The van der Waals surface area contributed by atoms with E-state index in [2.05, 4.69) is 42.6 Å². The largest absolute Gasteiger partial charge is 0.372 e. The predicted molar refractivity (Wildman–Crippen MR) is 84.1 cm³/mol. The van der Waals surface area contributed by atoms with Crippen molar-refractivity contribution < 1.29 is 4.74 Å². The molecule has 1 unspecified atom stereocenters. The highest BCUT2D eigenvalue weighted by atomic mass is 32.1. The number of thiophene rings is 1. The topological polar surface area (TPSA) is 21.3 Å². The lowest BCUT2D eigenvalue weighted by Crippen LogP contribution is -2.18. The average Bonchev–Trinajstić information content (AvgIpc) is 3.12. The van der Waals surface area contributed by atoms with Gasteiger partial charge in [0.05, 0.1) is 13.2 Å². The first-order chi connectivity index (χ1) is 9.80. The number of ether oxygens (including phenoxy) is 1. The number of fused-ring (bicyclic) bond motifs is 1. The maximum absolute atomic E-state index is 5.50. The fourth-order valence-corrected chi connectivity index (χ4v) is 3.72. The van der Waals surface area contributed by atoms with Crippen molar-refractivity contribution in [2.75, 3.05) is 7.05 Å². The third kappa shape index (κ3) is 2.80. The van der Waals surface area contributed by atoms with E-state index in [-0.39, 0.29) is 0 Å². The number of hydrogen-bond acceptors (Lipinski definition) is 3. The van der Waals surface area contributed by atoms with Crippen LogP contribution in [0.2, 0.25) is 0 Å². The van der Waals surface area contributed by atoms with Gasteiger partial charge in [-0.15, -0.1) is 11.3 Å². The molecule has 0 saturated heterocycles. The van der Waals surface area contributed by atoms with E-state index in [0.717, 1.165) is 26.1 Å². The molecular formula is C17H21NOS. The summed E-state index contributed by atoms with van der Waals surface area (Å²) in [7, 11) is 2.04. The molecule has 0 aliphatic carbocycles. The minimum absolute atomic E-state index is 0.379. The number of benzene rings is 1. The van der Waals surface area contributed by atoms with Gasteiger partial charge in [-0.05, 0) is 42.3 Å². The van der Waals surface area contributed by atoms with Crippen molar-refractivity contribution >= 4 is 11.3 Å². The third-order valence-corrected chi connectivity index (χ3v) is 5.22. The molecule has 1 aliphatic heterocycles. The molecule has 0 radical (unpaired) electrons. The summed E-state index contributed by atoms with van der Waals surface area (Å²) in [6, 6.07) is 11.7. The number of nitrogens with one attached hydrogen (secondary N) is 1. The Kier molecular flexibility index (Phi) is 4.20. The van der Waals surface area contributed by atoms with Gasteiger partial charge in [0.2, 0.25) is 0 Å². The second-order valence-corrected chi connectivity index (χ2v) is 6.54. The quantitative estimate of drug-likeness (QED) is 0.902. The highest BCUT2D eigenvalue weighted by molar-refractivity contribution is 7.11. The Bertz CT molecular complexity index is 590. The molecule has 1 aromatic heterocycles.